The van der Waals surface area contributed by atoms with Crippen LogP contribution in [0.1, 0.15) is 27.0 Å². The molecule has 0 saturated carbocycles. The average Bonchev–Trinajstić information content (AvgIpc) is 3.52. The Balaban J connectivity index is 1.42. The Labute approximate surface area is 196 Å². The lowest BCUT2D eigenvalue weighted by atomic mass is 10.2. The number of nitrogens with one attached hydrogen (secondary N) is 2. The molecule has 0 fully saturated rings. The van der Waals surface area contributed by atoms with Gasteiger partial charge in [-0.25, -0.2) is 4.98 Å². The number of thioether (sulfide) groups is 1. The van der Waals surface area contributed by atoms with Crippen LogP contribution in [0.5, 0.6) is 0 Å². The van der Waals surface area contributed by atoms with Crippen molar-refractivity contribution in [3.8, 4) is 10.6 Å². The standard InChI is InChI=1S/C22H19N3O2S4/c1-14(26)23-11-15-8-9-20(31-15)18-13-30-22(24-18)25-21(27)17-6-2-3-7-19(17)29-12-16-5-4-10-28-16/h2-10,13H,11-12H2,1H3,(H,23,26)(H,24,25,27). The van der Waals surface area contributed by atoms with Crippen LogP contribution in [-0.4, -0.2) is 16.8 Å². The number of hydrogen-bond acceptors (Lipinski definition) is 7. The van der Waals surface area contributed by atoms with E-state index in [1.165, 1.54) is 23.1 Å². The molecule has 0 spiro atoms. The fraction of sp³-hybridized carbons (Fsp3) is 0.136. The first-order chi connectivity index (χ1) is 15.1. The number of thiophene rings is 2. The maximum Gasteiger partial charge on any atom is 0.258 e. The van der Waals surface area contributed by atoms with E-state index in [1.807, 2.05) is 47.8 Å². The van der Waals surface area contributed by atoms with Crippen LogP contribution in [0.4, 0.5) is 5.13 Å². The maximum absolute atomic E-state index is 12.9. The van der Waals surface area contributed by atoms with Gasteiger partial charge in [-0.3, -0.25) is 14.9 Å². The fourth-order valence-corrected chi connectivity index (χ4v) is 6.27. The lowest BCUT2D eigenvalue weighted by Crippen LogP contribution is -2.17. The van der Waals surface area contributed by atoms with Gasteiger partial charge in [0.15, 0.2) is 5.13 Å². The molecule has 0 aliphatic rings. The number of hydrogen-bond donors (Lipinski definition) is 2. The molecule has 0 saturated heterocycles. The van der Waals surface area contributed by atoms with E-state index >= 15 is 0 Å². The molecule has 3 aromatic heterocycles. The van der Waals surface area contributed by atoms with E-state index in [1.54, 1.807) is 34.4 Å². The molecule has 2 N–H and O–H groups in total. The van der Waals surface area contributed by atoms with Crippen LogP contribution in [0, 0.1) is 0 Å². The fourth-order valence-electron chi connectivity index (χ4n) is 2.75. The molecule has 2 amide bonds. The number of carbonyl (C=O) groups excluding carboxylic acids is 2. The molecular formula is C22H19N3O2S4. The van der Waals surface area contributed by atoms with Crippen LogP contribution >= 0.6 is 45.8 Å². The molecule has 4 aromatic rings. The van der Waals surface area contributed by atoms with Crippen LogP contribution in [-0.2, 0) is 17.1 Å². The molecule has 0 bridgehead atoms. The Bertz CT molecular complexity index is 1180. The molecule has 0 radical (unpaired) electrons. The van der Waals surface area contributed by atoms with Crippen molar-refractivity contribution in [3.05, 3.63) is 74.6 Å². The van der Waals surface area contributed by atoms with Crippen molar-refractivity contribution in [2.24, 2.45) is 0 Å². The van der Waals surface area contributed by atoms with Gasteiger partial charge in [-0.2, -0.15) is 0 Å². The smallest absolute Gasteiger partial charge is 0.258 e. The van der Waals surface area contributed by atoms with Crippen molar-refractivity contribution in [3.63, 3.8) is 0 Å². The third kappa shape index (κ3) is 5.82. The quantitative estimate of drug-likeness (QED) is 0.295. The van der Waals surface area contributed by atoms with Gasteiger partial charge in [0.25, 0.3) is 5.91 Å². The van der Waals surface area contributed by atoms with Gasteiger partial charge in [-0.05, 0) is 35.7 Å². The molecule has 158 valence electrons. The second-order valence-electron chi connectivity index (χ2n) is 6.53. The predicted molar refractivity (Wildman–Crippen MR) is 131 cm³/mol. The summed E-state index contributed by atoms with van der Waals surface area (Å²) in [6, 6.07) is 15.7. The summed E-state index contributed by atoms with van der Waals surface area (Å²) in [4.78, 5) is 32.8. The first-order valence-electron chi connectivity index (χ1n) is 9.43. The largest absolute Gasteiger partial charge is 0.351 e. The summed E-state index contributed by atoms with van der Waals surface area (Å²) in [7, 11) is 0. The minimum atomic E-state index is -0.160. The topological polar surface area (TPSA) is 71.1 Å². The second-order valence-corrected chi connectivity index (χ2v) is 10.6. The molecule has 0 aliphatic heterocycles. The highest BCUT2D eigenvalue weighted by Gasteiger charge is 2.15. The van der Waals surface area contributed by atoms with Crippen LogP contribution in [0.15, 0.2) is 64.2 Å². The number of nitrogens with zero attached hydrogens (tertiary/aromatic N) is 1. The average molecular weight is 486 g/mol. The van der Waals surface area contributed by atoms with E-state index in [0.717, 1.165) is 26.1 Å². The number of benzene rings is 1. The number of amides is 2. The Hall–Kier alpha value is -2.46. The summed E-state index contributed by atoms with van der Waals surface area (Å²) in [6.45, 7) is 2.01. The Kier molecular flexibility index (Phi) is 7.18. The van der Waals surface area contributed by atoms with Crippen molar-refractivity contribution < 1.29 is 9.59 Å². The minimum absolute atomic E-state index is 0.0533. The molecule has 31 heavy (non-hydrogen) atoms. The summed E-state index contributed by atoms with van der Waals surface area (Å²) in [5.74, 6) is 0.623. The number of thiazole rings is 1. The summed E-state index contributed by atoms with van der Waals surface area (Å²) >= 11 is 6.36. The van der Waals surface area contributed by atoms with Gasteiger partial charge in [0, 0.05) is 32.7 Å². The van der Waals surface area contributed by atoms with Gasteiger partial charge in [0.2, 0.25) is 5.91 Å². The minimum Gasteiger partial charge on any atom is -0.351 e. The van der Waals surface area contributed by atoms with E-state index in [9.17, 15) is 9.59 Å². The van der Waals surface area contributed by atoms with Gasteiger partial charge in [0.1, 0.15) is 0 Å². The molecule has 9 heteroatoms. The zero-order valence-electron chi connectivity index (χ0n) is 16.6. The Morgan fingerprint density at radius 1 is 1.03 bits per heavy atom. The summed E-state index contributed by atoms with van der Waals surface area (Å²) in [5, 5.41) is 10.3. The molecular weight excluding hydrogens is 467 g/mol. The second kappa shape index (κ2) is 10.2. The maximum atomic E-state index is 12.9. The summed E-state index contributed by atoms with van der Waals surface area (Å²) in [6.07, 6.45) is 0. The monoisotopic (exact) mass is 485 g/mol. The third-order valence-electron chi connectivity index (χ3n) is 4.23. The van der Waals surface area contributed by atoms with Crippen molar-refractivity contribution >= 4 is 62.7 Å². The van der Waals surface area contributed by atoms with Gasteiger partial charge in [-0.1, -0.05) is 18.2 Å². The van der Waals surface area contributed by atoms with E-state index in [4.69, 9.17) is 0 Å². The number of carbonyl (C=O) groups is 2. The number of rotatable bonds is 8. The number of anilines is 1. The van der Waals surface area contributed by atoms with Gasteiger partial charge in [0.05, 0.1) is 22.7 Å². The van der Waals surface area contributed by atoms with Crippen molar-refractivity contribution in [1.29, 1.82) is 0 Å². The molecule has 4 rings (SSSR count). The lowest BCUT2D eigenvalue weighted by molar-refractivity contribution is -0.119. The van der Waals surface area contributed by atoms with Crippen molar-refractivity contribution in [2.45, 2.75) is 24.1 Å². The Morgan fingerprint density at radius 2 is 1.90 bits per heavy atom. The van der Waals surface area contributed by atoms with Crippen molar-refractivity contribution in [2.75, 3.05) is 5.32 Å². The summed E-state index contributed by atoms with van der Waals surface area (Å²) in [5.41, 5.74) is 1.47. The van der Waals surface area contributed by atoms with Gasteiger partial charge >= 0.3 is 0 Å². The molecule has 0 aliphatic carbocycles. The molecule has 3 heterocycles. The molecule has 5 nitrogen and oxygen atoms in total. The highest BCUT2D eigenvalue weighted by molar-refractivity contribution is 7.98. The predicted octanol–water partition coefficient (Wildman–Crippen LogP) is 6.11. The SMILES string of the molecule is CC(=O)NCc1ccc(-c2csc(NC(=O)c3ccccc3SCc3cccs3)n2)s1. The van der Waals surface area contributed by atoms with E-state index in [-0.39, 0.29) is 11.8 Å². The zero-order chi connectivity index (χ0) is 21.6. The highest BCUT2D eigenvalue weighted by atomic mass is 32.2. The Morgan fingerprint density at radius 3 is 2.71 bits per heavy atom. The lowest BCUT2D eigenvalue weighted by Gasteiger charge is -2.08. The third-order valence-corrected chi connectivity index (χ3v) is 8.28. The first-order valence-corrected chi connectivity index (χ1v) is 13.0. The van der Waals surface area contributed by atoms with Crippen LogP contribution in [0.3, 0.4) is 0 Å². The van der Waals surface area contributed by atoms with Crippen LogP contribution in [0.25, 0.3) is 10.6 Å². The van der Waals surface area contributed by atoms with E-state index in [0.29, 0.717) is 17.2 Å². The zero-order valence-corrected chi connectivity index (χ0v) is 19.9. The first kappa shape index (κ1) is 21.8. The highest BCUT2D eigenvalue weighted by Crippen LogP contribution is 2.32. The van der Waals surface area contributed by atoms with E-state index in [2.05, 4.69) is 27.1 Å². The van der Waals surface area contributed by atoms with Gasteiger partial charge < -0.3 is 5.32 Å². The van der Waals surface area contributed by atoms with Gasteiger partial charge in [-0.15, -0.1) is 45.8 Å². The van der Waals surface area contributed by atoms with E-state index < -0.39 is 0 Å². The normalized spacial score (nSPS) is 10.7. The summed E-state index contributed by atoms with van der Waals surface area (Å²) < 4.78 is 0. The van der Waals surface area contributed by atoms with Crippen molar-refractivity contribution in [1.82, 2.24) is 10.3 Å². The molecule has 1 aromatic carbocycles. The van der Waals surface area contributed by atoms with Crippen LogP contribution in [0.2, 0.25) is 0 Å². The molecule has 0 atom stereocenters. The van der Waals surface area contributed by atoms with Crippen LogP contribution < -0.4 is 10.6 Å². The number of aromatic nitrogens is 1. The molecule has 0 unspecified atom stereocenters.